The van der Waals surface area contributed by atoms with Gasteiger partial charge >= 0.3 is 5.97 Å². The summed E-state index contributed by atoms with van der Waals surface area (Å²) in [6, 6.07) is 8.75. The number of sulfonamides is 1. The topological polar surface area (TPSA) is 99.2 Å². The van der Waals surface area contributed by atoms with Crippen molar-refractivity contribution in [1.82, 2.24) is 4.31 Å². The standard InChI is InChI=1S/C18H16FNO7S/c1-20(28(23,24)14-5-3-13(19)4-6-14)9-18(22)25-10-15(21)12-2-7-16-17(8-12)27-11-26-16/h2-8H,9-11H2,1H3. The molecule has 0 saturated carbocycles. The van der Waals surface area contributed by atoms with Crippen molar-refractivity contribution in [3.63, 3.8) is 0 Å². The highest BCUT2D eigenvalue weighted by Gasteiger charge is 2.24. The van der Waals surface area contributed by atoms with Crippen LogP contribution in [0.4, 0.5) is 4.39 Å². The Morgan fingerprint density at radius 3 is 2.50 bits per heavy atom. The number of hydrogen-bond donors (Lipinski definition) is 0. The summed E-state index contributed by atoms with van der Waals surface area (Å²) in [5.41, 5.74) is 0.268. The summed E-state index contributed by atoms with van der Waals surface area (Å²) in [5.74, 6) is -1.02. The lowest BCUT2D eigenvalue weighted by atomic mass is 10.1. The van der Waals surface area contributed by atoms with Crippen LogP contribution in [-0.4, -0.2) is 51.5 Å². The SMILES string of the molecule is CN(CC(=O)OCC(=O)c1ccc2c(c1)OCO2)S(=O)(=O)c1ccc(F)cc1. The fraction of sp³-hybridized carbons (Fsp3) is 0.222. The molecule has 0 aliphatic carbocycles. The normalized spacial score (nSPS) is 12.8. The Kier molecular flexibility index (Phi) is 5.61. The summed E-state index contributed by atoms with van der Waals surface area (Å²) >= 11 is 0. The van der Waals surface area contributed by atoms with E-state index in [0.29, 0.717) is 11.5 Å². The molecule has 2 aromatic rings. The van der Waals surface area contributed by atoms with Crippen molar-refractivity contribution in [2.75, 3.05) is 27.0 Å². The van der Waals surface area contributed by atoms with Crippen LogP contribution in [0.15, 0.2) is 47.4 Å². The van der Waals surface area contributed by atoms with Gasteiger partial charge in [0.25, 0.3) is 0 Å². The molecule has 10 heteroatoms. The lowest BCUT2D eigenvalue weighted by Crippen LogP contribution is -2.33. The van der Waals surface area contributed by atoms with Gasteiger partial charge in [-0.1, -0.05) is 0 Å². The first kappa shape index (κ1) is 19.8. The third-order valence-electron chi connectivity index (χ3n) is 3.93. The minimum atomic E-state index is -4.00. The molecular weight excluding hydrogens is 393 g/mol. The fourth-order valence-corrected chi connectivity index (χ4v) is 3.51. The van der Waals surface area contributed by atoms with Gasteiger partial charge < -0.3 is 14.2 Å². The lowest BCUT2D eigenvalue weighted by Gasteiger charge is -2.16. The van der Waals surface area contributed by atoms with Crippen molar-refractivity contribution >= 4 is 21.8 Å². The van der Waals surface area contributed by atoms with Crippen LogP contribution in [0, 0.1) is 5.82 Å². The van der Waals surface area contributed by atoms with Gasteiger partial charge in [-0.3, -0.25) is 9.59 Å². The molecule has 0 aromatic heterocycles. The predicted octanol–water partition coefficient (Wildman–Crippen LogP) is 1.60. The Balaban J connectivity index is 1.56. The van der Waals surface area contributed by atoms with Gasteiger partial charge in [0.1, 0.15) is 12.4 Å². The fourth-order valence-electron chi connectivity index (χ4n) is 2.40. The van der Waals surface area contributed by atoms with Crippen molar-refractivity contribution < 1.29 is 36.6 Å². The number of ether oxygens (including phenoxy) is 3. The summed E-state index contributed by atoms with van der Waals surface area (Å²) in [6.45, 7) is -1.09. The van der Waals surface area contributed by atoms with E-state index in [1.165, 1.54) is 19.2 Å². The zero-order valence-corrected chi connectivity index (χ0v) is 15.6. The van der Waals surface area contributed by atoms with Crippen molar-refractivity contribution in [3.05, 3.63) is 53.8 Å². The molecular formula is C18H16FNO7S. The monoisotopic (exact) mass is 409 g/mol. The van der Waals surface area contributed by atoms with E-state index in [0.717, 1.165) is 28.6 Å². The number of halogens is 1. The molecule has 148 valence electrons. The van der Waals surface area contributed by atoms with E-state index in [-0.39, 0.29) is 17.3 Å². The van der Waals surface area contributed by atoms with Gasteiger partial charge in [0.2, 0.25) is 16.8 Å². The molecule has 0 saturated heterocycles. The summed E-state index contributed by atoms with van der Waals surface area (Å²) < 4.78 is 53.6. The molecule has 0 radical (unpaired) electrons. The van der Waals surface area contributed by atoms with Gasteiger partial charge in [-0.25, -0.2) is 12.8 Å². The highest BCUT2D eigenvalue weighted by molar-refractivity contribution is 7.89. The zero-order valence-electron chi connectivity index (χ0n) is 14.8. The van der Waals surface area contributed by atoms with Crippen LogP contribution >= 0.6 is 0 Å². The Morgan fingerprint density at radius 2 is 1.79 bits per heavy atom. The Labute approximate surface area is 160 Å². The van der Waals surface area contributed by atoms with Gasteiger partial charge in [-0.15, -0.1) is 0 Å². The van der Waals surface area contributed by atoms with Gasteiger partial charge in [0, 0.05) is 12.6 Å². The zero-order chi connectivity index (χ0) is 20.3. The molecule has 28 heavy (non-hydrogen) atoms. The van der Waals surface area contributed by atoms with E-state index in [9.17, 15) is 22.4 Å². The lowest BCUT2D eigenvalue weighted by molar-refractivity contribution is -0.142. The van der Waals surface area contributed by atoms with Gasteiger partial charge in [-0.2, -0.15) is 4.31 Å². The number of nitrogens with zero attached hydrogens (tertiary/aromatic N) is 1. The third-order valence-corrected chi connectivity index (χ3v) is 5.75. The van der Waals surface area contributed by atoms with Crippen molar-refractivity contribution in [2.24, 2.45) is 0 Å². The third kappa shape index (κ3) is 4.29. The number of carbonyl (C=O) groups is 2. The van der Waals surface area contributed by atoms with E-state index < -0.39 is 40.7 Å². The molecule has 0 atom stereocenters. The molecule has 3 rings (SSSR count). The molecule has 2 aromatic carbocycles. The molecule has 0 N–H and O–H groups in total. The van der Waals surface area contributed by atoms with E-state index >= 15 is 0 Å². The molecule has 8 nitrogen and oxygen atoms in total. The Bertz CT molecular complexity index is 1010. The van der Waals surface area contributed by atoms with E-state index in [1.54, 1.807) is 6.07 Å². The van der Waals surface area contributed by atoms with Crippen LogP contribution in [0.2, 0.25) is 0 Å². The molecule has 1 aliphatic heterocycles. The molecule has 0 fully saturated rings. The molecule has 0 amide bonds. The minimum Gasteiger partial charge on any atom is -0.456 e. The largest absolute Gasteiger partial charge is 0.456 e. The maximum Gasteiger partial charge on any atom is 0.321 e. The molecule has 0 bridgehead atoms. The second-order valence-electron chi connectivity index (χ2n) is 5.87. The molecule has 0 unspecified atom stereocenters. The van der Waals surface area contributed by atoms with Gasteiger partial charge in [0.05, 0.1) is 4.90 Å². The van der Waals surface area contributed by atoms with Crippen LogP contribution in [0.1, 0.15) is 10.4 Å². The smallest absolute Gasteiger partial charge is 0.321 e. The number of benzene rings is 2. The quantitative estimate of drug-likeness (QED) is 0.506. The minimum absolute atomic E-state index is 0.0663. The summed E-state index contributed by atoms with van der Waals surface area (Å²) in [5, 5.41) is 0. The Morgan fingerprint density at radius 1 is 1.11 bits per heavy atom. The van der Waals surface area contributed by atoms with Crippen LogP contribution in [0.5, 0.6) is 11.5 Å². The number of ketones is 1. The molecule has 1 aliphatic rings. The average molecular weight is 409 g/mol. The molecule has 1 heterocycles. The van der Waals surface area contributed by atoms with Crippen LogP contribution in [0.25, 0.3) is 0 Å². The highest BCUT2D eigenvalue weighted by atomic mass is 32.2. The Hall–Kier alpha value is -2.98. The van der Waals surface area contributed by atoms with Crippen molar-refractivity contribution in [2.45, 2.75) is 4.90 Å². The number of rotatable bonds is 7. The number of likely N-dealkylation sites (N-methyl/N-ethyl adjacent to an activating group) is 1. The summed E-state index contributed by atoms with van der Waals surface area (Å²) in [6.07, 6.45) is 0. The van der Waals surface area contributed by atoms with Crippen LogP contribution in [0.3, 0.4) is 0 Å². The summed E-state index contributed by atoms with van der Waals surface area (Å²) in [4.78, 5) is 23.9. The first-order valence-corrected chi connectivity index (χ1v) is 9.52. The van der Waals surface area contributed by atoms with Crippen molar-refractivity contribution in [1.29, 1.82) is 0 Å². The first-order chi connectivity index (χ1) is 13.3. The van der Waals surface area contributed by atoms with Gasteiger partial charge in [0.15, 0.2) is 23.9 Å². The average Bonchev–Trinajstić information content (AvgIpc) is 3.14. The number of hydrogen-bond acceptors (Lipinski definition) is 7. The number of esters is 1. The highest BCUT2D eigenvalue weighted by Crippen LogP contribution is 2.32. The van der Waals surface area contributed by atoms with E-state index in [1.807, 2.05) is 0 Å². The predicted molar refractivity (Wildman–Crippen MR) is 94.1 cm³/mol. The second kappa shape index (κ2) is 7.95. The number of Topliss-reactive ketones (excluding diaryl/α,β-unsaturated/α-hetero) is 1. The van der Waals surface area contributed by atoms with E-state index in [4.69, 9.17) is 14.2 Å². The second-order valence-corrected chi connectivity index (χ2v) is 7.91. The summed E-state index contributed by atoms with van der Waals surface area (Å²) in [7, 11) is -2.82. The number of carbonyl (C=O) groups excluding carboxylic acids is 2. The number of fused-ring (bicyclic) bond motifs is 1. The van der Waals surface area contributed by atoms with Crippen molar-refractivity contribution in [3.8, 4) is 11.5 Å². The first-order valence-electron chi connectivity index (χ1n) is 8.08. The van der Waals surface area contributed by atoms with Crippen LogP contribution in [-0.2, 0) is 19.6 Å². The van der Waals surface area contributed by atoms with Gasteiger partial charge in [-0.05, 0) is 42.5 Å². The maximum absolute atomic E-state index is 12.9. The van der Waals surface area contributed by atoms with E-state index in [2.05, 4.69) is 0 Å². The molecule has 0 spiro atoms. The maximum atomic E-state index is 12.9. The van der Waals surface area contributed by atoms with Crippen LogP contribution < -0.4 is 9.47 Å².